The van der Waals surface area contributed by atoms with Gasteiger partial charge in [-0.3, -0.25) is 0 Å². The van der Waals surface area contributed by atoms with E-state index in [2.05, 4.69) is 0 Å². The van der Waals surface area contributed by atoms with Crippen LogP contribution in [0.4, 0.5) is 0 Å². The quantitative estimate of drug-likeness (QED) is 0.154. The van der Waals surface area contributed by atoms with Gasteiger partial charge in [-0.15, -0.1) is 0 Å². The molecule has 0 unspecified atom stereocenters. The van der Waals surface area contributed by atoms with Gasteiger partial charge in [0.1, 0.15) is 73.2 Å². The summed E-state index contributed by atoms with van der Waals surface area (Å²) in [6, 6.07) is 0. The van der Waals surface area contributed by atoms with Crippen LogP contribution in [0.25, 0.3) is 0 Å². The summed E-state index contributed by atoms with van der Waals surface area (Å²) in [4.78, 5) is 0. The van der Waals surface area contributed by atoms with Gasteiger partial charge >= 0.3 is 0 Å². The molecule has 11 N–H and O–H groups in total. The molecule has 3 aliphatic heterocycles. The SMILES string of the molecule is OC[C@H]1O[C@H](OC[C@H]2O[C@H](OC[C@@H]3O[C@@H](O)[C@H](O)[C@@H](O)[C@H]3O)[C@H](O)[C@@H](O)[C@H]2O)[C@H](O)[C@@H](O)[C@H]1O. The molecule has 16 heteroatoms. The molecule has 0 aromatic heterocycles. The van der Waals surface area contributed by atoms with Gasteiger partial charge in [0.15, 0.2) is 18.9 Å². The van der Waals surface area contributed by atoms with Gasteiger partial charge in [0, 0.05) is 0 Å². The van der Waals surface area contributed by atoms with Gasteiger partial charge in [0.05, 0.1) is 19.8 Å². The first-order chi connectivity index (χ1) is 16.0. The summed E-state index contributed by atoms with van der Waals surface area (Å²) in [7, 11) is 0. The van der Waals surface area contributed by atoms with Gasteiger partial charge in [-0.1, -0.05) is 0 Å². The number of hydrogen-bond donors (Lipinski definition) is 11. The Balaban J connectivity index is 1.58. The minimum absolute atomic E-state index is 0.570. The van der Waals surface area contributed by atoms with Crippen molar-refractivity contribution in [1.29, 1.82) is 0 Å². The molecule has 3 aliphatic rings. The monoisotopic (exact) mass is 504 g/mol. The first-order valence-corrected chi connectivity index (χ1v) is 10.6. The second kappa shape index (κ2) is 11.6. The second-order valence-corrected chi connectivity index (χ2v) is 8.42. The third-order valence-corrected chi connectivity index (χ3v) is 6.05. The second-order valence-electron chi connectivity index (χ2n) is 8.42. The van der Waals surface area contributed by atoms with Crippen molar-refractivity contribution < 1.29 is 79.9 Å². The Bertz CT molecular complexity index is 639. The van der Waals surface area contributed by atoms with Crippen molar-refractivity contribution in [3.8, 4) is 0 Å². The normalized spacial score (nSPS) is 52.5. The van der Waals surface area contributed by atoms with E-state index in [1.165, 1.54) is 0 Å². The van der Waals surface area contributed by atoms with E-state index in [1.54, 1.807) is 0 Å². The lowest BCUT2D eigenvalue weighted by Crippen LogP contribution is -2.62. The molecule has 3 saturated heterocycles. The molecule has 0 saturated carbocycles. The smallest absolute Gasteiger partial charge is 0.186 e. The minimum Gasteiger partial charge on any atom is -0.394 e. The molecule has 3 heterocycles. The fraction of sp³-hybridized carbons (Fsp3) is 1.00. The van der Waals surface area contributed by atoms with Crippen molar-refractivity contribution >= 4 is 0 Å². The summed E-state index contributed by atoms with van der Waals surface area (Å²) in [5.74, 6) is 0. The van der Waals surface area contributed by atoms with Crippen LogP contribution in [0.3, 0.4) is 0 Å². The summed E-state index contributed by atoms with van der Waals surface area (Å²) in [5, 5.41) is 108. The van der Waals surface area contributed by atoms with Crippen molar-refractivity contribution in [2.75, 3.05) is 19.8 Å². The standard InChI is InChI=1S/C18H32O16/c19-1-4-7(20)11(24)14(27)17(33-4)31-3-6-9(22)12(25)15(28)18(34-6)30-2-5-8(21)10(23)13(26)16(29)32-5/h4-29H,1-3H2/t4-,5+,6-,7+,8+,9+,10+,11+,12+,13-,14-,15-,16-,17+,18+/m1/s1. The van der Waals surface area contributed by atoms with Crippen LogP contribution in [0, 0.1) is 0 Å². The van der Waals surface area contributed by atoms with Crippen LogP contribution in [0.1, 0.15) is 0 Å². The molecule has 0 amide bonds. The van der Waals surface area contributed by atoms with Crippen LogP contribution >= 0.6 is 0 Å². The first-order valence-electron chi connectivity index (χ1n) is 10.6. The Morgan fingerprint density at radius 3 is 1.29 bits per heavy atom. The maximum Gasteiger partial charge on any atom is 0.186 e. The maximum atomic E-state index is 10.2. The molecule has 3 rings (SSSR count). The van der Waals surface area contributed by atoms with Gasteiger partial charge in [0.2, 0.25) is 0 Å². The summed E-state index contributed by atoms with van der Waals surface area (Å²) < 4.78 is 26.1. The van der Waals surface area contributed by atoms with Crippen molar-refractivity contribution in [2.24, 2.45) is 0 Å². The first kappa shape index (κ1) is 27.9. The largest absolute Gasteiger partial charge is 0.394 e. The van der Waals surface area contributed by atoms with Crippen molar-refractivity contribution in [1.82, 2.24) is 0 Å². The Morgan fingerprint density at radius 1 is 0.441 bits per heavy atom. The highest BCUT2D eigenvalue weighted by molar-refractivity contribution is 4.92. The molecular formula is C18H32O16. The van der Waals surface area contributed by atoms with Crippen molar-refractivity contribution in [2.45, 2.75) is 92.1 Å². The van der Waals surface area contributed by atoms with E-state index < -0.39 is 112 Å². The molecule has 3 fully saturated rings. The number of ether oxygens (including phenoxy) is 5. The molecule has 16 nitrogen and oxygen atoms in total. The highest BCUT2D eigenvalue weighted by Gasteiger charge is 2.48. The zero-order valence-corrected chi connectivity index (χ0v) is 17.7. The summed E-state index contributed by atoms with van der Waals surface area (Å²) in [6.07, 6.45) is -24.4. The molecule has 0 spiro atoms. The van der Waals surface area contributed by atoms with Gasteiger partial charge in [-0.05, 0) is 0 Å². The van der Waals surface area contributed by atoms with Crippen LogP contribution in [-0.2, 0) is 23.7 Å². The summed E-state index contributed by atoms with van der Waals surface area (Å²) in [6.45, 7) is -1.84. The maximum absolute atomic E-state index is 10.2. The molecule has 0 aromatic carbocycles. The molecule has 0 aliphatic carbocycles. The van der Waals surface area contributed by atoms with Crippen LogP contribution in [0.15, 0.2) is 0 Å². The Morgan fingerprint density at radius 2 is 0.824 bits per heavy atom. The third-order valence-electron chi connectivity index (χ3n) is 6.05. The lowest BCUT2D eigenvalue weighted by atomic mass is 9.98. The van der Waals surface area contributed by atoms with Crippen LogP contribution in [-0.4, -0.2) is 168 Å². The minimum atomic E-state index is -1.82. The lowest BCUT2D eigenvalue weighted by Gasteiger charge is -2.43. The predicted molar refractivity (Wildman–Crippen MR) is 101 cm³/mol. The molecule has 0 radical (unpaired) electrons. The van der Waals surface area contributed by atoms with E-state index >= 15 is 0 Å². The topological polar surface area (TPSA) is 269 Å². The van der Waals surface area contributed by atoms with Crippen LogP contribution in [0.2, 0.25) is 0 Å². The van der Waals surface area contributed by atoms with Crippen LogP contribution in [0.5, 0.6) is 0 Å². The molecule has 34 heavy (non-hydrogen) atoms. The zero-order chi connectivity index (χ0) is 25.3. The average Bonchev–Trinajstić information content (AvgIpc) is 2.82. The zero-order valence-electron chi connectivity index (χ0n) is 17.7. The summed E-state index contributed by atoms with van der Waals surface area (Å²) in [5.41, 5.74) is 0. The van der Waals surface area contributed by atoms with Gasteiger partial charge in [0.25, 0.3) is 0 Å². The third kappa shape index (κ3) is 5.68. The molecule has 15 atom stereocenters. The van der Waals surface area contributed by atoms with Gasteiger partial charge in [-0.25, -0.2) is 0 Å². The number of aliphatic hydroxyl groups excluding tert-OH is 11. The number of aliphatic hydroxyl groups is 11. The van der Waals surface area contributed by atoms with Gasteiger partial charge in [-0.2, -0.15) is 0 Å². The number of hydrogen-bond acceptors (Lipinski definition) is 16. The Kier molecular flexibility index (Phi) is 9.54. The summed E-state index contributed by atoms with van der Waals surface area (Å²) >= 11 is 0. The fourth-order valence-corrected chi connectivity index (χ4v) is 3.84. The van der Waals surface area contributed by atoms with E-state index in [9.17, 15) is 56.2 Å². The highest BCUT2D eigenvalue weighted by Crippen LogP contribution is 2.27. The average molecular weight is 504 g/mol. The molecule has 200 valence electrons. The van der Waals surface area contributed by atoms with Crippen LogP contribution < -0.4 is 0 Å². The molecular weight excluding hydrogens is 472 g/mol. The fourth-order valence-electron chi connectivity index (χ4n) is 3.84. The Hall–Kier alpha value is -0.640. The molecule has 0 aromatic rings. The van der Waals surface area contributed by atoms with E-state index in [-0.39, 0.29) is 0 Å². The lowest BCUT2D eigenvalue weighted by molar-refractivity contribution is -0.340. The number of rotatable bonds is 7. The van der Waals surface area contributed by atoms with E-state index in [0.29, 0.717) is 0 Å². The molecule has 0 bridgehead atoms. The van der Waals surface area contributed by atoms with Crippen molar-refractivity contribution in [3.63, 3.8) is 0 Å². The predicted octanol–water partition coefficient (Wildman–Crippen LogP) is -7.57. The van der Waals surface area contributed by atoms with E-state index in [0.717, 1.165) is 0 Å². The Labute approximate surface area is 192 Å². The van der Waals surface area contributed by atoms with E-state index in [4.69, 9.17) is 23.7 Å². The van der Waals surface area contributed by atoms with Crippen molar-refractivity contribution in [3.05, 3.63) is 0 Å². The van der Waals surface area contributed by atoms with Gasteiger partial charge < -0.3 is 79.9 Å². The van der Waals surface area contributed by atoms with E-state index in [1.807, 2.05) is 0 Å². The highest BCUT2D eigenvalue weighted by atomic mass is 16.7.